The van der Waals surface area contributed by atoms with Gasteiger partial charge >= 0.3 is 0 Å². The Bertz CT molecular complexity index is 271. The van der Waals surface area contributed by atoms with Gasteiger partial charge in [0, 0.05) is 6.54 Å². The minimum atomic E-state index is 0.686. The van der Waals surface area contributed by atoms with E-state index in [-0.39, 0.29) is 0 Å². The van der Waals surface area contributed by atoms with E-state index < -0.39 is 0 Å². The maximum Gasteiger partial charge on any atom is 0.0670 e. The summed E-state index contributed by atoms with van der Waals surface area (Å²) in [6.07, 6.45) is 0. The highest BCUT2D eigenvalue weighted by molar-refractivity contribution is 5.26. The molecular weight excluding hydrogens is 88.1 g/mol. The van der Waals surface area contributed by atoms with Crippen molar-refractivity contribution in [2.75, 3.05) is 0 Å². The SMILES string of the molecule is NCc1cc2[nH]c1=2. The number of nitrogens with one attached hydrogen (secondary N) is 1. The fraction of sp³-hybridized carbons (Fsp3) is 0.200. The van der Waals surface area contributed by atoms with Crippen molar-refractivity contribution >= 4 is 0 Å². The van der Waals surface area contributed by atoms with Crippen LogP contribution < -0.4 is 5.73 Å². The third-order valence-corrected chi connectivity index (χ3v) is 1.33. The standard InChI is InChI=1S/C5H6N2/c6-2-3-1-4-5(3)7-4/h1,7H,2,6H2. The minimum Gasteiger partial charge on any atom is -0.352 e. The van der Waals surface area contributed by atoms with Gasteiger partial charge in [-0.1, -0.05) is 0 Å². The molecule has 7 heavy (non-hydrogen) atoms. The Kier molecular flexibility index (Phi) is 0.348. The number of nitrogens with two attached hydrogens (primary N) is 1. The van der Waals surface area contributed by atoms with Gasteiger partial charge in [-0.2, -0.15) is 0 Å². The highest BCUT2D eigenvalue weighted by atomic mass is 14.8. The number of rotatable bonds is 1. The van der Waals surface area contributed by atoms with Crippen LogP contribution in [0.15, 0.2) is 6.07 Å². The van der Waals surface area contributed by atoms with Crippen LogP contribution in [0.2, 0.25) is 0 Å². The van der Waals surface area contributed by atoms with E-state index in [0.717, 1.165) is 0 Å². The Balaban J connectivity index is 2.56. The highest BCUT2D eigenvalue weighted by Crippen LogP contribution is 2.12. The summed E-state index contributed by atoms with van der Waals surface area (Å²) in [5.74, 6) is 0. The number of aromatic amines is 1. The molecule has 0 unspecified atom stereocenters. The van der Waals surface area contributed by atoms with Crippen molar-refractivity contribution in [2.24, 2.45) is 5.73 Å². The fourth-order valence-electron chi connectivity index (χ4n) is 0.795. The van der Waals surface area contributed by atoms with Crippen molar-refractivity contribution in [2.45, 2.75) is 6.54 Å². The van der Waals surface area contributed by atoms with E-state index in [4.69, 9.17) is 5.73 Å². The third kappa shape index (κ3) is 0.237. The van der Waals surface area contributed by atoms with Gasteiger partial charge in [-0.15, -0.1) is 0 Å². The lowest BCUT2D eigenvalue weighted by atomic mass is 10.2. The summed E-state index contributed by atoms with van der Waals surface area (Å²) < 4.78 is 0. The number of hydrogen-bond acceptors (Lipinski definition) is 1. The van der Waals surface area contributed by atoms with Crippen LogP contribution in [0.25, 0.3) is 0 Å². The topological polar surface area (TPSA) is 41.8 Å². The lowest BCUT2D eigenvalue weighted by Gasteiger charge is -1.86. The molecule has 2 heteroatoms. The van der Waals surface area contributed by atoms with Crippen LogP contribution in [0.1, 0.15) is 5.56 Å². The second-order valence-corrected chi connectivity index (χ2v) is 1.79. The fourth-order valence-corrected chi connectivity index (χ4v) is 0.795. The molecule has 0 saturated heterocycles. The molecule has 0 amide bonds. The van der Waals surface area contributed by atoms with Crippen LogP contribution in [-0.2, 0) is 6.54 Å². The molecule has 2 rings (SSSR count). The zero-order valence-electron chi connectivity index (χ0n) is 3.86. The molecule has 0 saturated carbocycles. The Hall–Kier alpha value is -0.760. The maximum absolute atomic E-state index is 5.31. The average molecular weight is 94.1 g/mol. The van der Waals surface area contributed by atoms with Gasteiger partial charge in [0.05, 0.1) is 10.7 Å². The van der Waals surface area contributed by atoms with Crippen LogP contribution >= 0.6 is 0 Å². The van der Waals surface area contributed by atoms with Gasteiger partial charge in [-0.05, 0) is 11.6 Å². The van der Waals surface area contributed by atoms with Gasteiger partial charge in [0.2, 0.25) is 0 Å². The summed E-state index contributed by atoms with van der Waals surface area (Å²) in [7, 11) is 0. The molecule has 0 atom stereocenters. The lowest BCUT2D eigenvalue weighted by Crippen LogP contribution is -1.95. The maximum atomic E-state index is 5.31. The van der Waals surface area contributed by atoms with E-state index in [2.05, 4.69) is 11.1 Å². The molecule has 0 bridgehead atoms. The van der Waals surface area contributed by atoms with Crippen molar-refractivity contribution in [3.05, 3.63) is 22.3 Å². The smallest absolute Gasteiger partial charge is 0.0670 e. The zero-order valence-corrected chi connectivity index (χ0v) is 3.86. The summed E-state index contributed by atoms with van der Waals surface area (Å²) in [6, 6.07) is 2.08. The molecule has 2 nitrogen and oxygen atoms in total. The van der Waals surface area contributed by atoms with Crippen LogP contribution in [0, 0.1) is 10.7 Å². The summed E-state index contributed by atoms with van der Waals surface area (Å²) >= 11 is 0. The summed E-state index contributed by atoms with van der Waals surface area (Å²) in [6.45, 7) is 0.686. The summed E-state index contributed by atoms with van der Waals surface area (Å²) in [5.41, 5.74) is 6.58. The molecule has 1 aliphatic carbocycles. The predicted molar refractivity (Wildman–Crippen MR) is 26.4 cm³/mol. The zero-order chi connectivity index (χ0) is 4.85. The molecule has 0 aromatic carbocycles. The van der Waals surface area contributed by atoms with Crippen LogP contribution in [-0.4, -0.2) is 4.98 Å². The Morgan fingerprint density at radius 2 is 2.57 bits per heavy atom. The second-order valence-electron chi connectivity index (χ2n) is 1.79. The first kappa shape index (κ1) is 3.27. The van der Waals surface area contributed by atoms with Gasteiger partial charge in [-0.3, -0.25) is 0 Å². The van der Waals surface area contributed by atoms with Crippen molar-refractivity contribution in [1.82, 2.24) is 4.98 Å². The largest absolute Gasteiger partial charge is 0.352 e. The van der Waals surface area contributed by atoms with Gasteiger partial charge in [0.15, 0.2) is 0 Å². The summed E-state index contributed by atoms with van der Waals surface area (Å²) in [4.78, 5) is 3.07. The first-order chi connectivity index (χ1) is 3.42. The number of aromatic nitrogens is 1. The quantitative estimate of drug-likeness (QED) is 0.516. The minimum absolute atomic E-state index is 0.686. The van der Waals surface area contributed by atoms with Crippen LogP contribution in [0.4, 0.5) is 0 Å². The van der Waals surface area contributed by atoms with Gasteiger partial charge in [0.1, 0.15) is 0 Å². The first-order valence-corrected chi connectivity index (χ1v) is 2.34. The Morgan fingerprint density at radius 3 is 2.71 bits per heavy atom. The van der Waals surface area contributed by atoms with E-state index in [1.165, 1.54) is 16.3 Å². The molecule has 3 N–H and O–H groups in total. The molecule has 0 aromatic rings. The van der Waals surface area contributed by atoms with Crippen molar-refractivity contribution in [3.8, 4) is 0 Å². The molecule has 36 valence electrons. The monoisotopic (exact) mass is 94.1 g/mol. The van der Waals surface area contributed by atoms with E-state index >= 15 is 0 Å². The summed E-state index contributed by atoms with van der Waals surface area (Å²) in [5, 5.41) is 2.59. The Morgan fingerprint density at radius 1 is 1.71 bits per heavy atom. The van der Waals surface area contributed by atoms with E-state index in [9.17, 15) is 0 Å². The molecule has 0 radical (unpaired) electrons. The molecule has 1 heterocycles. The van der Waals surface area contributed by atoms with Gasteiger partial charge in [-0.25, -0.2) is 0 Å². The second kappa shape index (κ2) is 0.746. The first-order valence-electron chi connectivity index (χ1n) is 2.34. The highest BCUT2D eigenvalue weighted by Gasteiger charge is 2.06. The van der Waals surface area contributed by atoms with E-state index in [1.807, 2.05) is 0 Å². The lowest BCUT2D eigenvalue weighted by molar-refractivity contribution is 1.06. The molecule has 0 spiro atoms. The molecule has 0 fully saturated rings. The molecule has 0 aromatic heterocycles. The predicted octanol–water partition coefficient (Wildman–Crippen LogP) is 0.0738. The van der Waals surface area contributed by atoms with Crippen molar-refractivity contribution in [3.63, 3.8) is 0 Å². The Labute approximate surface area is 40.6 Å². The van der Waals surface area contributed by atoms with Crippen molar-refractivity contribution in [1.29, 1.82) is 0 Å². The van der Waals surface area contributed by atoms with E-state index in [0.29, 0.717) is 6.54 Å². The van der Waals surface area contributed by atoms with Gasteiger partial charge in [0.25, 0.3) is 0 Å². The molecular formula is C5H6N2. The molecule has 1 aliphatic heterocycles. The van der Waals surface area contributed by atoms with Gasteiger partial charge < -0.3 is 10.7 Å². The average Bonchev–Trinajstić information content (AvgIpc) is 2.18. The number of H-pyrrole nitrogens is 1. The van der Waals surface area contributed by atoms with Crippen LogP contribution in [0.5, 0.6) is 0 Å². The van der Waals surface area contributed by atoms with Crippen molar-refractivity contribution < 1.29 is 0 Å². The molecule has 2 aliphatic rings. The van der Waals surface area contributed by atoms with Crippen LogP contribution in [0.3, 0.4) is 0 Å². The third-order valence-electron chi connectivity index (χ3n) is 1.33. The van der Waals surface area contributed by atoms with E-state index in [1.54, 1.807) is 0 Å². The normalized spacial score (nSPS) is 12.1. The number of hydrogen-bond donors (Lipinski definition) is 2.